The van der Waals surface area contributed by atoms with Crippen molar-refractivity contribution >= 4 is 33.2 Å². The van der Waals surface area contributed by atoms with Gasteiger partial charge >= 0.3 is 0 Å². The van der Waals surface area contributed by atoms with E-state index in [1.807, 2.05) is 18.2 Å². The van der Waals surface area contributed by atoms with E-state index in [1.54, 1.807) is 12.1 Å². The molecule has 4 rings (SSSR count). The van der Waals surface area contributed by atoms with Gasteiger partial charge in [0, 0.05) is 17.0 Å². The maximum Gasteiger partial charge on any atom is 0.231 e. The Bertz CT molecular complexity index is 825. The maximum absolute atomic E-state index is 10.2. The fraction of sp³-hybridized carbons (Fsp3) is 0.188. The Kier molecular flexibility index (Phi) is 3.58. The van der Waals surface area contributed by atoms with Crippen molar-refractivity contribution in [2.45, 2.75) is 12.5 Å². The van der Waals surface area contributed by atoms with Gasteiger partial charge in [-0.25, -0.2) is 0 Å². The number of hydrogen-bond donors (Lipinski definition) is 2. The second-order valence-electron chi connectivity index (χ2n) is 5.34. The Morgan fingerprint density at radius 2 is 2.04 bits per heavy atom. The largest absolute Gasteiger partial charge is 0.506 e. The van der Waals surface area contributed by atoms with Crippen molar-refractivity contribution in [2.24, 2.45) is 5.10 Å². The fourth-order valence-electron chi connectivity index (χ4n) is 2.72. The highest BCUT2D eigenvalue weighted by atomic mass is 79.9. The van der Waals surface area contributed by atoms with Crippen LogP contribution in [-0.4, -0.2) is 17.6 Å². The highest BCUT2D eigenvalue weighted by Gasteiger charge is 2.25. The quantitative estimate of drug-likeness (QED) is 0.807. The SMILES string of the molecule is Oc1c(Br)cc(Cl)cc1C1=NNC(c2ccc3c(c2)OCO3)C1. The lowest BCUT2D eigenvalue weighted by Crippen LogP contribution is -2.09. The number of hydrazone groups is 1. The lowest BCUT2D eigenvalue weighted by Gasteiger charge is -2.11. The summed E-state index contributed by atoms with van der Waals surface area (Å²) in [7, 11) is 0. The minimum absolute atomic E-state index is 0.0108. The minimum atomic E-state index is 0.0108. The van der Waals surface area contributed by atoms with Gasteiger partial charge in [-0.3, -0.25) is 0 Å². The van der Waals surface area contributed by atoms with Gasteiger partial charge in [0.15, 0.2) is 11.5 Å². The third-order valence-electron chi connectivity index (χ3n) is 3.89. The Labute approximate surface area is 146 Å². The normalized spacial score (nSPS) is 18.7. The predicted octanol–water partition coefficient (Wildman–Crippen LogP) is 3.98. The van der Waals surface area contributed by atoms with Gasteiger partial charge in [-0.15, -0.1) is 0 Å². The highest BCUT2D eigenvalue weighted by molar-refractivity contribution is 9.10. The van der Waals surface area contributed by atoms with Crippen LogP contribution in [-0.2, 0) is 0 Å². The molecule has 0 aliphatic carbocycles. The van der Waals surface area contributed by atoms with Crippen LogP contribution in [0, 0.1) is 0 Å². The third kappa shape index (κ3) is 2.62. The Hall–Kier alpha value is -1.92. The van der Waals surface area contributed by atoms with Crippen molar-refractivity contribution in [3.8, 4) is 17.2 Å². The molecular formula is C16H12BrClN2O3. The molecule has 2 aliphatic heterocycles. The number of benzene rings is 2. The molecule has 0 radical (unpaired) electrons. The molecule has 5 nitrogen and oxygen atoms in total. The third-order valence-corrected chi connectivity index (χ3v) is 4.71. The van der Waals surface area contributed by atoms with E-state index in [0.29, 0.717) is 21.5 Å². The van der Waals surface area contributed by atoms with Crippen LogP contribution in [0.1, 0.15) is 23.6 Å². The van der Waals surface area contributed by atoms with Gasteiger partial charge in [-0.1, -0.05) is 17.7 Å². The number of nitrogens with zero attached hydrogens (tertiary/aromatic N) is 1. The molecule has 0 aromatic heterocycles. The number of rotatable bonds is 2. The number of aromatic hydroxyl groups is 1. The average molecular weight is 396 g/mol. The van der Waals surface area contributed by atoms with Crippen molar-refractivity contribution in [2.75, 3.05) is 6.79 Å². The number of phenolic OH excluding ortho intramolecular Hbond substituents is 1. The first-order valence-electron chi connectivity index (χ1n) is 7.02. The summed E-state index contributed by atoms with van der Waals surface area (Å²) in [5.74, 6) is 1.64. The Morgan fingerprint density at radius 1 is 1.22 bits per heavy atom. The van der Waals surface area contributed by atoms with Crippen LogP contribution in [0.5, 0.6) is 17.2 Å². The van der Waals surface area contributed by atoms with E-state index in [1.165, 1.54) is 0 Å². The molecule has 2 aromatic carbocycles. The second-order valence-corrected chi connectivity index (χ2v) is 6.63. The van der Waals surface area contributed by atoms with E-state index in [9.17, 15) is 5.11 Å². The Balaban J connectivity index is 1.60. The molecule has 2 heterocycles. The van der Waals surface area contributed by atoms with Crippen molar-refractivity contribution in [1.82, 2.24) is 5.43 Å². The van der Waals surface area contributed by atoms with Crippen LogP contribution in [0.3, 0.4) is 0 Å². The van der Waals surface area contributed by atoms with Gasteiger partial charge in [0.05, 0.1) is 16.2 Å². The summed E-state index contributed by atoms with van der Waals surface area (Å²) in [5.41, 5.74) is 5.53. The van der Waals surface area contributed by atoms with Crippen LogP contribution in [0.4, 0.5) is 0 Å². The topological polar surface area (TPSA) is 63.1 Å². The van der Waals surface area contributed by atoms with Crippen molar-refractivity contribution in [3.05, 3.63) is 51.0 Å². The minimum Gasteiger partial charge on any atom is -0.506 e. The van der Waals surface area contributed by atoms with E-state index >= 15 is 0 Å². The molecule has 0 amide bonds. The van der Waals surface area contributed by atoms with E-state index in [2.05, 4.69) is 26.5 Å². The van der Waals surface area contributed by atoms with Gasteiger partial charge < -0.3 is 20.0 Å². The molecular weight excluding hydrogens is 384 g/mol. The van der Waals surface area contributed by atoms with E-state index < -0.39 is 0 Å². The standard InChI is InChI=1S/C16H12BrClN2O3/c17-11-5-9(18)4-10(16(11)21)13-6-12(19-20-13)8-1-2-14-15(3-8)23-7-22-14/h1-5,12,19,21H,6-7H2. The zero-order valence-corrected chi connectivity index (χ0v) is 14.2. The number of ether oxygens (including phenoxy) is 2. The zero-order valence-electron chi connectivity index (χ0n) is 11.8. The molecule has 0 saturated heterocycles. The Morgan fingerprint density at radius 3 is 2.91 bits per heavy atom. The smallest absolute Gasteiger partial charge is 0.231 e. The maximum atomic E-state index is 10.2. The number of phenols is 1. The summed E-state index contributed by atoms with van der Waals surface area (Å²) in [6, 6.07) is 9.20. The summed E-state index contributed by atoms with van der Waals surface area (Å²) in [6.07, 6.45) is 0.639. The summed E-state index contributed by atoms with van der Waals surface area (Å²) < 4.78 is 11.3. The first kappa shape index (κ1) is 14.7. The molecule has 0 bridgehead atoms. The molecule has 0 fully saturated rings. The van der Waals surface area contributed by atoms with Gasteiger partial charge in [-0.2, -0.15) is 5.10 Å². The number of hydrogen-bond acceptors (Lipinski definition) is 5. The van der Waals surface area contributed by atoms with Gasteiger partial charge in [-0.05, 0) is 45.8 Å². The van der Waals surface area contributed by atoms with Crippen LogP contribution in [0.25, 0.3) is 0 Å². The molecule has 1 atom stereocenters. The molecule has 7 heteroatoms. The van der Waals surface area contributed by atoms with Gasteiger partial charge in [0.2, 0.25) is 6.79 Å². The summed E-state index contributed by atoms with van der Waals surface area (Å²) in [5, 5.41) is 15.1. The first-order chi connectivity index (χ1) is 11.1. The van der Waals surface area contributed by atoms with Crippen LogP contribution in [0.15, 0.2) is 39.9 Å². The molecule has 23 heavy (non-hydrogen) atoms. The lowest BCUT2D eigenvalue weighted by molar-refractivity contribution is 0.174. The summed E-state index contributed by atoms with van der Waals surface area (Å²) in [6.45, 7) is 0.253. The van der Waals surface area contributed by atoms with E-state index in [0.717, 1.165) is 22.8 Å². The monoisotopic (exact) mass is 394 g/mol. The zero-order chi connectivity index (χ0) is 16.0. The van der Waals surface area contributed by atoms with Crippen LogP contribution in [0.2, 0.25) is 5.02 Å². The van der Waals surface area contributed by atoms with E-state index in [-0.39, 0.29) is 18.6 Å². The number of halogens is 2. The molecule has 1 unspecified atom stereocenters. The fourth-order valence-corrected chi connectivity index (χ4v) is 3.53. The lowest BCUT2D eigenvalue weighted by atomic mass is 9.98. The number of nitrogens with one attached hydrogen (secondary N) is 1. The molecule has 0 saturated carbocycles. The van der Waals surface area contributed by atoms with Gasteiger partial charge in [0.1, 0.15) is 5.75 Å². The number of fused-ring (bicyclic) bond motifs is 1. The highest BCUT2D eigenvalue weighted by Crippen LogP contribution is 2.38. The summed E-state index contributed by atoms with van der Waals surface area (Å²) in [4.78, 5) is 0. The van der Waals surface area contributed by atoms with E-state index in [4.69, 9.17) is 21.1 Å². The molecule has 2 N–H and O–H groups in total. The van der Waals surface area contributed by atoms with Crippen molar-refractivity contribution < 1.29 is 14.6 Å². The molecule has 2 aromatic rings. The molecule has 2 aliphatic rings. The van der Waals surface area contributed by atoms with Crippen molar-refractivity contribution in [1.29, 1.82) is 0 Å². The molecule has 118 valence electrons. The van der Waals surface area contributed by atoms with Crippen LogP contribution >= 0.6 is 27.5 Å². The van der Waals surface area contributed by atoms with Crippen LogP contribution < -0.4 is 14.9 Å². The van der Waals surface area contributed by atoms with Gasteiger partial charge in [0.25, 0.3) is 0 Å². The second kappa shape index (κ2) is 5.62. The average Bonchev–Trinajstić information content (AvgIpc) is 3.18. The predicted molar refractivity (Wildman–Crippen MR) is 90.4 cm³/mol. The molecule has 0 spiro atoms. The van der Waals surface area contributed by atoms with Crippen molar-refractivity contribution in [3.63, 3.8) is 0 Å². The first-order valence-corrected chi connectivity index (χ1v) is 8.19. The summed E-state index contributed by atoms with van der Waals surface area (Å²) >= 11 is 9.37.